The largest absolute Gasteiger partial charge is 0.341 e. The van der Waals surface area contributed by atoms with Crippen LogP contribution >= 0.6 is 0 Å². The lowest BCUT2D eigenvalue weighted by Crippen LogP contribution is -2.37. The van der Waals surface area contributed by atoms with Gasteiger partial charge in [0.1, 0.15) is 12.2 Å². The average Bonchev–Trinajstić information content (AvgIpc) is 2.87. The molecule has 5 heteroatoms. The third-order valence-electron chi connectivity index (χ3n) is 4.10. The lowest BCUT2D eigenvalue weighted by atomic mass is 10.1. The van der Waals surface area contributed by atoms with E-state index >= 15 is 0 Å². The van der Waals surface area contributed by atoms with Gasteiger partial charge in [-0.3, -0.25) is 4.79 Å². The molecule has 112 valence electrons. The number of pyridine rings is 1. The molecule has 1 fully saturated rings. The average molecular weight is 286 g/mol. The van der Waals surface area contributed by atoms with Gasteiger partial charge in [-0.15, -0.1) is 0 Å². The fourth-order valence-corrected chi connectivity index (χ4v) is 3.04. The smallest absolute Gasteiger partial charge is 0.242 e. The molecule has 0 atom stereocenters. The number of nitrogens with zero attached hydrogens (tertiary/aromatic N) is 3. The van der Waals surface area contributed by atoms with E-state index in [1.54, 1.807) is 6.20 Å². The first-order valence-electron chi connectivity index (χ1n) is 7.64. The van der Waals surface area contributed by atoms with Gasteiger partial charge in [-0.2, -0.15) is 0 Å². The van der Waals surface area contributed by atoms with Gasteiger partial charge < -0.3 is 14.8 Å². The summed E-state index contributed by atoms with van der Waals surface area (Å²) >= 11 is 0. The maximum absolute atomic E-state index is 12.4. The lowest BCUT2D eigenvalue weighted by molar-refractivity contribution is -0.132. The third-order valence-corrected chi connectivity index (χ3v) is 4.10. The quantitative estimate of drug-likeness (QED) is 0.932. The number of hydrogen-bond donors (Lipinski definition) is 1. The van der Waals surface area contributed by atoms with E-state index in [9.17, 15) is 4.79 Å². The highest BCUT2D eigenvalue weighted by atomic mass is 16.2. The molecule has 21 heavy (non-hydrogen) atoms. The fourth-order valence-electron chi connectivity index (χ4n) is 3.04. The maximum atomic E-state index is 12.4. The summed E-state index contributed by atoms with van der Waals surface area (Å²) in [6.45, 7) is 2.97. The molecule has 2 aromatic heterocycles. The number of rotatable bonds is 4. The summed E-state index contributed by atoms with van der Waals surface area (Å²) in [5.41, 5.74) is 2.08. The highest BCUT2D eigenvalue weighted by Gasteiger charge is 2.18. The number of carbonyl (C=O) groups is 1. The minimum Gasteiger partial charge on any atom is -0.341 e. The molecule has 2 aromatic rings. The van der Waals surface area contributed by atoms with Gasteiger partial charge in [0.2, 0.25) is 5.91 Å². The molecule has 1 aliphatic heterocycles. The first-order valence-corrected chi connectivity index (χ1v) is 7.64. The Morgan fingerprint density at radius 3 is 2.90 bits per heavy atom. The van der Waals surface area contributed by atoms with Gasteiger partial charge in [0, 0.05) is 37.4 Å². The van der Waals surface area contributed by atoms with Crippen LogP contribution in [-0.2, 0) is 17.9 Å². The van der Waals surface area contributed by atoms with Gasteiger partial charge in [-0.1, -0.05) is 0 Å². The third kappa shape index (κ3) is 2.93. The van der Waals surface area contributed by atoms with Crippen LogP contribution in [0.2, 0.25) is 0 Å². The van der Waals surface area contributed by atoms with E-state index in [4.69, 9.17) is 0 Å². The van der Waals surface area contributed by atoms with E-state index in [-0.39, 0.29) is 5.91 Å². The minimum absolute atomic E-state index is 0.202. The molecule has 1 N–H and O–H groups in total. The Bertz CT molecular complexity index is 628. The summed E-state index contributed by atoms with van der Waals surface area (Å²) in [5.74, 6) is 0.202. The van der Waals surface area contributed by atoms with Crippen LogP contribution in [-0.4, -0.2) is 40.5 Å². The summed E-state index contributed by atoms with van der Waals surface area (Å²) in [5, 5.41) is 4.29. The van der Waals surface area contributed by atoms with Crippen molar-refractivity contribution in [1.82, 2.24) is 19.8 Å². The Labute approximate surface area is 125 Å². The predicted molar refractivity (Wildman–Crippen MR) is 82.9 cm³/mol. The highest BCUT2D eigenvalue weighted by Crippen LogP contribution is 2.20. The SMILES string of the molecule is CNCc1cn(CC(=O)N2CCCCC2)c2ncccc12. The van der Waals surface area contributed by atoms with Gasteiger partial charge in [0.05, 0.1) is 0 Å². The number of carbonyl (C=O) groups excluding carboxylic acids is 1. The van der Waals surface area contributed by atoms with E-state index in [0.717, 1.165) is 43.5 Å². The van der Waals surface area contributed by atoms with Crippen LogP contribution in [0.1, 0.15) is 24.8 Å². The zero-order valence-electron chi connectivity index (χ0n) is 12.5. The Morgan fingerprint density at radius 2 is 2.14 bits per heavy atom. The van der Waals surface area contributed by atoms with Crippen LogP contribution in [0.25, 0.3) is 11.0 Å². The fraction of sp³-hybridized carbons (Fsp3) is 0.500. The molecule has 1 saturated heterocycles. The minimum atomic E-state index is 0.202. The molecule has 0 aliphatic carbocycles. The number of piperidine rings is 1. The van der Waals surface area contributed by atoms with Gasteiger partial charge in [-0.05, 0) is 44.0 Å². The van der Waals surface area contributed by atoms with Gasteiger partial charge >= 0.3 is 0 Å². The monoisotopic (exact) mass is 286 g/mol. The van der Waals surface area contributed by atoms with Gasteiger partial charge in [0.25, 0.3) is 0 Å². The lowest BCUT2D eigenvalue weighted by Gasteiger charge is -2.26. The van der Waals surface area contributed by atoms with Crippen molar-refractivity contribution < 1.29 is 4.79 Å². The number of nitrogens with one attached hydrogen (secondary N) is 1. The molecule has 0 saturated carbocycles. The summed E-state index contributed by atoms with van der Waals surface area (Å²) in [6.07, 6.45) is 7.33. The molecule has 1 aliphatic rings. The van der Waals surface area contributed by atoms with Crippen molar-refractivity contribution in [2.24, 2.45) is 0 Å². The second kappa shape index (κ2) is 6.26. The van der Waals surface area contributed by atoms with E-state index < -0.39 is 0 Å². The first kappa shape index (κ1) is 14.1. The van der Waals surface area contributed by atoms with Crippen molar-refractivity contribution in [3.8, 4) is 0 Å². The number of aromatic nitrogens is 2. The topological polar surface area (TPSA) is 50.2 Å². The van der Waals surface area contributed by atoms with Crippen molar-refractivity contribution in [2.75, 3.05) is 20.1 Å². The molecule has 5 nitrogen and oxygen atoms in total. The van der Waals surface area contributed by atoms with Crippen molar-refractivity contribution in [1.29, 1.82) is 0 Å². The Balaban J connectivity index is 1.84. The van der Waals surface area contributed by atoms with Gasteiger partial charge in [0.15, 0.2) is 0 Å². The van der Waals surface area contributed by atoms with Crippen molar-refractivity contribution in [2.45, 2.75) is 32.4 Å². The van der Waals surface area contributed by atoms with Crippen molar-refractivity contribution >= 4 is 16.9 Å². The number of amides is 1. The van der Waals surface area contributed by atoms with Crippen LogP contribution < -0.4 is 5.32 Å². The highest BCUT2D eigenvalue weighted by molar-refractivity contribution is 5.83. The number of hydrogen-bond acceptors (Lipinski definition) is 3. The molecular formula is C16H22N4O. The number of fused-ring (bicyclic) bond motifs is 1. The van der Waals surface area contributed by atoms with E-state index in [0.29, 0.717) is 6.54 Å². The zero-order chi connectivity index (χ0) is 14.7. The van der Waals surface area contributed by atoms with Gasteiger partial charge in [-0.25, -0.2) is 4.98 Å². The second-order valence-corrected chi connectivity index (χ2v) is 5.63. The molecule has 0 bridgehead atoms. The molecule has 0 radical (unpaired) electrons. The summed E-state index contributed by atoms with van der Waals surface area (Å²) in [4.78, 5) is 18.9. The van der Waals surface area contributed by atoms with Crippen LogP contribution in [0.15, 0.2) is 24.5 Å². The molecule has 0 aromatic carbocycles. The molecular weight excluding hydrogens is 264 g/mol. The maximum Gasteiger partial charge on any atom is 0.242 e. The Hall–Kier alpha value is -1.88. The predicted octanol–water partition coefficient (Wildman–Crippen LogP) is 1.77. The summed E-state index contributed by atoms with van der Waals surface area (Å²) in [7, 11) is 1.93. The van der Waals surface area contributed by atoms with Crippen molar-refractivity contribution in [3.63, 3.8) is 0 Å². The second-order valence-electron chi connectivity index (χ2n) is 5.63. The van der Waals surface area contributed by atoms with Crippen LogP contribution in [0.5, 0.6) is 0 Å². The standard InChI is InChI=1S/C16H22N4O/c1-17-10-13-11-20(16-14(13)6-5-7-18-16)12-15(21)19-8-3-2-4-9-19/h5-7,11,17H,2-4,8-10,12H2,1H3. The Morgan fingerprint density at radius 1 is 1.33 bits per heavy atom. The van der Waals surface area contributed by atoms with E-state index in [2.05, 4.69) is 22.6 Å². The van der Waals surface area contributed by atoms with Crippen LogP contribution in [0, 0.1) is 0 Å². The summed E-state index contributed by atoms with van der Waals surface area (Å²) in [6, 6.07) is 4.01. The Kier molecular flexibility index (Phi) is 4.20. The molecule has 0 spiro atoms. The van der Waals surface area contributed by atoms with E-state index in [1.807, 2.05) is 22.6 Å². The normalized spacial score (nSPS) is 15.6. The number of likely N-dealkylation sites (tertiary alicyclic amines) is 1. The summed E-state index contributed by atoms with van der Waals surface area (Å²) < 4.78 is 1.99. The first-order chi connectivity index (χ1) is 10.3. The molecule has 0 unspecified atom stereocenters. The van der Waals surface area contributed by atoms with E-state index in [1.165, 1.54) is 12.0 Å². The molecule has 3 rings (SSSR count). The van der Waals surface area contributed by atoms with Crippen molar-refractivity contribution in [3.05, 3.63) is 30.1 Å². The molecule has 1 amide bonds. The van der Waals surface area contributed by atoms with Crippen LogP contribution in [0.4, 0.5) is 0 Å². The molecule has 3 heterocycles. The zero-order valence-corrected chi connectivity index (χ0v) is 12.5. The van der Waals surface area contributed by atoms with Crippen LogP contribution in [0.3, 0.4) is 0 Å².